The van der Waals surface area contributed by atoms with Crippen LogP contribution in [0.15, 0.2) is 11.4 Å². The van der Waals surface area contributed by atoms with E-state index in [4.69, 9.17) is 16.3 Å². The summed E-state index contributed by atoms with van der Waals surface area (Å²) in [7, 11) is 0. The monoisotopic (exact) mass is 218 g/mol. The maximum atomic E-state index is 10.2. The molecule has 1 atom stereocenters. The molecule has 1 N–H and O–H groups in total. The van der Waals surface area contributed by atoms with Gasteiger partial charge in [-0.25, -0.2) is 0 Å². The lowest BCUT2D eigenvalue weighted by Gasteiger charge is -2.31. The summed E-state index contributed by atoms with van der Waals surface area (Å²) in [5, 5.41) is 12.1. The molecule has 13 heavy (non-hydrogen) atoms. The van der Waals surface area contributed by atoms with Gasteiger partial charge in [-0.1, -0.05) is 11.6 Å². The third-order valence-corrected chi connectivity index (χ3v) is 3.51. The van der Waals surface area contributed by atoms with E-state index in [0.29, 0.717) is 10.9 Å². The summed E-state index contributed by atoms with van der Waals surface area (Å²) in [6.07, 6.45) is 1.63. The Kier molecular flexibility index (Phi) is 2.60. The minimum Gasteiger partial charge on any atom is -0.383 e. The van der Waals surface area contributed by atoms with E-state index in [1.807, 2.05) is 11.4 Å². The Morgan fingerprint density at radius 2 is 2.46 bits per heavy atom. The molecule has 4 heteroatoms. The fourth-order valence-electron chi connectivity index (χ4n) is 1.62. The highest BCUT2D eigenvalue weighted by Crippen LogP contribution is 2.37. The predicted octanol–water partition coefficient (Wildman–Crippen LogP) is 2.40. The summed E-state index contributed by atoms with van der Waals surface area (Å²) in [4.78, 5) is 0. The van der Waals surface area contributed by atoms with Crippen molar-refractivity contribution in [3.05, 3.63) is 21.3 Å². The van der Waals surface area contributed by atoms with Gasteiger partial charge in [-0.15, -0.1) is 11.3 Å². The Morgan fingerprint density at radius 1 is 1.62 bits per heavy atom. The van der Waals surface area contributed by atoms with Crippen molar-refractivity contribution in [3.8, 4) is 0 Å². The molecule has 1 aliphatic rings. The van der Waals surface area contributed by atoms with Crippen molar-refractivity contribution in [2.75, 3.05) is 13.2 Å². The van der Waals surface area contributed by atoms with Gasteiger partial charge in [0.2, 0.25) is 0 Å². The third-order valence-electron chi connectivity index (χ3n) is 2.34. The second-order valence-electron chi connectivity index (χ2n) is 3.30. The van der Waals surface area contributed by atoms with Crippen molar-refractivity contribution in [2.24, 2.45) is 0 Å². The Balaban J connectivity index is 2.27. The topological polar surface area (TPSA) is 29.5 Å². The summed E-state index contributed by atoms with van der Waals surface area (Å²) in [6.45, 7) is 1.10. The van der Waals surface area contributed by atoms with Crippen LogP contribution in [-0.2, 0) is 10.3 Å². The molecule has 1 unspecified atom stereocenters. The van der Waals surface area contributed by atoms with Crippen LogP contribution in [0.5, 0.6) is 0 Å². The molecular weight excluding hydrogens is 208 g/mol. The summed E-state index contributed by atoms with van der Waals surface area (Å²) in [5.41, 5.74) is -0.0335. The van der Waals surface area contributed by atoms with Crippen LogP contribution in [-0.4, -0.2) is 18.3 Å². The molecule has 0 radical (unpaired) electrons. The van der Waals surface area contributed by atoms with Gasteiger partial charge in [0.25, 0.3) is 0 Å². The molecule has 0 amide bonds. The number of hydrogen-bond acceptors (Lipinski definition) is 3. The van der Waals surface area contributed by atoms with Gasteiger partial charge in [-0.3, -0.25) is 0 Å². The number of thiophene rings is 1. The van der Waals surface area contributed by atoms with Gasteiger partial charge >= 0.3 is 0 Å². The maximum absolute atomic E-state index is 10.2. The molecule has 2 rings (SSSR count). The lowest BCUT2D eigenvalue weighted by molar-refractivity contribution is -0.0899. The summed E-state index contributed by atoms with van der Waals surface area (Å²) in [5.74, 6) is 0. The van der Waals surface area contributed by atoms with E-state index in [9.17, 15) is 5.11 Å². The van der Waals surface area contributed by atoms with Crippen LogP contribution < -0.4 is 0 Å². The Hall–Kier alpha value is -0.0900. The van der Waals surface area contributed by atoms with Crippen LogP contribution >= 0.6 is 22.9 Å². The molecule has 1 saturated heterocycles. The fourth-order valence-corrected chi connectivity index (χ4v) is 2.72. The molecule has 2 heterocycles. The number of rotatable bonds is 1. The van der Waals surface area contributed by atoms with E-state index in [2.05, 4.69) is 0 Å². The van der Waals surface area contributed by atoms with Crippen LogP contribution in [0.4, 0.5) is 0 Å². The van der Waals surface area contributed by atoms with Crippen LogP contribution in [0.2, 0.25) is 4.34 Å². The van der Waals surface area contributed by atoms with Crippen LogP contribution in [0.3, 0.4) is 0 Å². The highest BCUT2D eigenvalue weighted by molar-refractivity contribution is 7.14. The van der Waals surface area contributed by atoms with Crippen LogP contribution in [0, 0.1) is 0 Å². The first-order chi connectivity index (χ1) is 6.22. The molecule has 1 aromatic heterocycles. The van der Waals surface area contributed by atoms with Crippen molar-refractivity contribution in [2.45, 2.75) is 18.4 Å². The van der Waals surface area contributed by atoms with Crippen molar-refractivity contribution < 1.29 is 9.84 Å². The molecule has 2 nitrogen and oxygen atoms in total. The van der Waals surface area contributed by atoms with Gasteiger partial charge in [0.05, 0.1) is 10.9 Å². The molecule has 0 aliphatic carbocycles. The second kappa shape index (κ2) is 3.58. The zero-order valence-electron chi connectivity index (χ0n) is 7.12. The molecule has 0 saturated carbocycles. The van der Waals surface area contributed by atoms with Gasteiger partial charge in [-0.05, 0) is 24.3 Å². The number of halogens is 1. The largest absolute Gasteiger partial charge is 0.383 e. The van der Waals surface area contributed by atoms with Crippen LogP contribution in [0.1, 0.15) is 18.4 Å². The minimum absolute atomic E-state index is 0.365. The van der Waals surface area contributed by atoms with E-state index in [1.165, 1.54) is 11.3 Å². The summed E-state index contributed by atoms with van der Waals surface area (Å²) in [6, 6.07) is 1.88. The maximum Gasteiger partial charge on any atom is 0.115 e. The third kappa shape index (κ3) is 1.74. The minimum atomic E-state index is -0.852. The highest BCUT2D eigenvalue weighted by atomic mass is 35.5. The molecular formula is C9H11ClO2S. The van der Waals surface area contributed by atoms with Gasteiger partial charge < -0.3 is 9.84 Å². The Morgan fingerprint density at radius 3 is 3.00 bits per heavy atom. The number of aliphatic hydroxyl groups is 1. The summed E-state index contributed by atoms with van der Waals surface area (Å²) >= 11 is 7.41. The highest BCUT2D eigenvalue weighted by Gasteiger charge is 2.34. The second-order valence-corrected chi connectivity index (χ2v) is 4.81. The standard InChI is InChI=1S/C9H11ClO2S/c10-8-7(2-5-13-8)9(11)3-1-4-12-6-9/h2,5,11H,1,3-4,6H2. The lowest BCUT2D eigenvalue weighted by atomic mass is 9.91. The van der Waals surface area contributed by atoms with Crippen molar-refractivity contribution in [1.82, 2.24) is 0 Å². The fraction of sp³-hybridized carbons (Fsp3) is 0.556. The van der Waals surface area contributed by atoms with Gasteiger partial charge in [0.1, 0.15) is 5.60 Å². The molecule has 0 spiro atoms. The predicted molar refractivity (Wildman–Crippen MR) is 53.3 cm³/mol. The number of hydrogen-bond donors (Lipinski definition) is 1. The Labute approximate surface area is 86.1 Å². The summed E-state index contributed by atoms with van der Waals surface area (Å²) < 4.78 is 5.93. The van der Waals surface area contributed by atoms with Gasteiger partial charge in [0.15, 0.2) is 0 Å². The first-order valence-corrected chi connectivity index (χ1v) is 5.52. The number of ether oxygens (including phenoxy) is 1. The van der Waals surface area contributed by atoms with E-state index >= 15 is 0 Å². The molecule has 1 aromatic rings. The van der Waals surface area contributed by atoms with E-state index in [0.717, 1.165) is 25.0 Å². The van der Waals surface area contributed by atoms with Crippen molar-refractivity contribution in [3.63, 3.8) is 0 Å². The van der Waals surface area contributed by atoms with E-state index in [-0.39, 0.29) is 0 Å². The average Bonchev–Trinajstić information content (AvgIpc) is 2.53. The zero-order valence-corrected chi connectivity index (χ0v) is 8.70. The first-order valence-electron chi connectivity index (χ1n) is 4.26. The average molecular weight is 219 g/mol. The zero-order chi connectivity index (χ0) is 9.31. The smallest absolute Gasteiger partial charge is 0.115 e. The SMILES string of the molecule is OC1(c2ccsc2Cl)CCCOC1. The van der Waals surface area contributed by atoms with Crippen LogP contribution in [0.25, 0.3) is 0 Å². The van der Waals surface area contributed by atoms with Crippen molar-refractivity contribution in [1.29, 1.82) is 0 Å². The molecule has 1 aliphatic heterocycles. The van der Waals surface area contributed by atoms with Gasteiger partial charge in [0, 0.05) is 12.2 Å². The first kappa shape index (κ1) is 9.46. The van der Waals surface area contributed by atoms with E-state index < -0.39 is 5.60 Å². The van der Waals surface area contributed by atoms with Crippen molar-refractivity contribution >= 4 is 22.9 Å². The Bertz CT molecular complexity index is 292. The lowest BCUT2D eigenvalue weighted by Crippen LogP contribution is -2.35. The molecule has 1 fully saturated rings. The molecule has 0 aromatic carbocycles. The van der Waals surface area contributed by atoms with Gasteiger partial charge in [-0.2, -0.15) is 0 Å². The molecule has 72 valence electrons. The molecule has 0 bridgehead atoms. The quantitative estimate of drug-likeness (QED) is 0.785. The normalized spacial score (nSPS) is 29.1. The van der Waals surface area contributed by atoms with E-state index in [1.54, 1.807) is 0 Å².